The van der Waals surface area contributed by atoms with Gasteiger partial charge in [0.25, 0.3) is 0 Å². The number of hydrogen-bond donors (Lipinski definition) is 3. The van der Waals surface area contributed by atoms with Gasteiger partial charge in [-0.15, -0.1) is 0 Å². The Bertz CT molecular complexity index is 562. The van der Waals surface area contributed by atoms with Crippen molar-refractivity contribution in [3.63, 3.8) is 0 Å². The Kier molecular flexibility index (Phi) is 5.11. The van der Waals surface area contributed by atoms with Gasteiger partial charge < -0.3 is 10.2 Å². The van der Waals surface area contributed by atoms with Crippen molar-refractivity contribution in [3.05, 3.63) is 27.7 Å². The van der Waals surface area contributed by atoms with Gasteiger partial charge in [-0.2, -0.15) is 4.72 Å². The largest absolute Gasteiger partial charge is 0.480 e. The number of aliphatic carboxylic acids is 1. The van der Waals surface area contributed by atoms with E-state index in [0.717, 1.165) is 0 Å². The smallest absolute Gasteiger partial charge is 0.324 e. The molecule has 100 valence electrons. The summed E-state index contributed by atoms with van der Waals surface area (Å²) in [6.07, 6.45) is 0. The molecule has 6 nitrogen and oxygen atoms in total. The van der Waals surface area contributed by atoms with E-state index in [1.807, 2.05) is 4.72 Å². The summed E-state index contributed by atoms with van der Waals surface area (Å²) in [5.74, 6) is -1.46. The number of nitrogens with one attached hydrogen (secondary N) is 1. The van der Waals surface area contributed by atoms with E-state index in [2.05, 4.69) is 15.9 Å². The SMILES string of the molecule is O=C(O)[C@@H](CO)NS(=O)(=O)c1ccc(Cl)c(Br)c1. The summed E-state index contributed by atoms with van der Waals surface area (Å²) in [6, 6.07) is 2.23. The average Bonchev–Trinajstić information content (AvgIpc) is 2.29. The summed E-state index contributed by atoms with van der Waals surface area (Å²) >= 11 is 8.78. The molecule has 1 aromatic rings. The molecule has 0 radical (unpaired) electrons. The third-order valence-corrected chi connectivity index (χ3v) is 4.66. The molecule has 1 aromatic carbocycles. The molecule has 0 aliphatic rings. The lowest BCUT2D eigenvalue weighted by atomic mass is 10.3. The van der Waals surface area contributed by atoms with Crippen LogP contribution in [0.4, 0.5) is 0 Å². The molecule has 0 unspecified atom stereocenters. The van der Waals surface area contributed by atoms with Crippen LogP contribution in [-0.4, -0.2) is 37.2 Å². The van der Waals surface area contributed by atoms with Gasteiger partial charge in [-0.05, 0) is 34.1 Å². The predicted molar refractivity (Wildman–Crippen MR) is 68.0 cm³/mol. The molecule has 18 heavy (non-hydrogen) atoms. The number of carboxylic acids is 1. The van der Waals surface area contributed by atoms with Gasteiger partial charge in [0.2, 0.25) is 10.0 Å². The fourth-order valence-corrected chi connectivity index (χ4v) is 2.92. The van der Waals surface area contributed by atoms with E-state index in [1.54, 1.807) is 0 Å². The van der Waals surface area contributed by atoms with Crippen LogP contribution in [0.5, 0.6) is 0 Å². The lowest BCUT2D eigenvalue weighted by Crippen LogP contribution is -2.43. The second-order valence-electron chi connectivity index (χ2n) is 3.27. The maximum absolute atomic E-state index is 11.8. The van der Waals surface area contributed by atoms with Crippen molar-refractivity contribution in [2.75, 3.05) is 6.61 Å². The van der Waals surface area contributed by atoms with Gasteiger partial charge in [0.05, 0.1) is 16.5 Å². The van der Waals surface area contributed by atoms with E-state index in [0.29, 0.717) is 9.50 Å². The van der Waals surface area contributed by atoms with E-state index in [1.165, 1.54) is 18.2 Å². The van der Waals surface area contributed by atoms with Crippen molar-refractivity contribution in [2.45, 2.75) is 10.9 Å². The third kappa shape index (κ3) is 3.66. The zero-order valence-corrected chi connectivity index (χ0v) is 12.0. The molecule has 1 atom stereocenters. The first-order chi connectivity index (χ1) is 8.27. The highest BCUT2D eigenvalue weighted by Gasteiger charge is 2.24. The Hall–Kier alpha value is -0.670. The number of carboxylic acid groups (broad SMARTS) is 1. The van der Waals surface area contributed by atoms with E-state index < -0.39 is 28.6 Å². The van der Waals surface area contributed by atoms with Gasteiger partial charge in [0.15, 0.2) is 0 Å². The van der Waals surface area contributed by atoms with Crippen molar-refractivity contribution in [2.24, 2.45) is 0 Å². The molecule has 1 rings (SSSR count). The zero-order valence-electron chi connectivity index (χ0n) is 8.80. The molecular formula is C9H9BrClNO5S. The summed E-state index contributed by atoms with van der Waals surface area (Å²) < 4.78 is 25.9. The fourth-order valence-electron chi connectivity index (χ4n) is 1.07. The average molecular weight is 359 g/mol. The van der Waals surface area contributed by atoms with E-state index in [-0.39, 0.29) is 4.90 Å². The Balaban J connectivity index is 3.06. The quantitative estimate of drug-likeness (QED) is 0.723. The molecule has 0 spiro atoms. The molecule has 0 saturated heterocycles. The summed E-state index contributed by atoms with van der Waals surface area (Å²) in [5.41, 5.74) is 0. The lowest BCUT2D eigenvalue weighted by Gasteiger charge is -2.12. The second-order valence-corrected chi connectivity index (χ2v) is 6.25. The van der Waals surface area contributed by atoms with Crippen LogP contribution in [0.25, 0.3) is 0 Å². The van der Waals surface area contributed by atoms with Crippen LogP contribution in [0.1, 0.15) is 0 Å². The number of carbonyl (C=O) groups is 1. The first kappa shape index (κ1) is 15.4. The minimum Gasteiger partial charge on any atom is -0.480 e. The summed E-state index contributed by atoms with van der Waals surface area (Å²) in [5, 5.41) is 17.8. The van der Waals surface area contributed by atoms with E-state index in [9.17, 15) is 13.2 Å². The Morgan fingerprint density at radius 1 is 1.50 bits per heavy atom. The first-order valence-electron chi connectivity index (χ1n) is 4.59. The van der Waals surface area contributed by atoms with Gasteiger partial charge in [-0.25, -0.2) is 8.42 Å². The predicted octanol–water partition coefficient (Wildman–Crippen LogP) is 0.826. The molecule has 0 amide bonds. The minimum absolute atomic E-state index is 0.154. The third-order valence-electron chi connectivity index (χ3n) is 1.98. The monoisotopic (exact) mass is 357 g/mol. The van der Waals surface area contributed by atoms with Gasteiger partial charge in [-0.3, -0.25) is 4.79 Å². The standard InChI is InChI=1S/C9H9BrClNO5S/c10-6-3-5(1-2-7(6)11)18(16,17)12-8(4-13)9(14)15/h1-3,8,12-13H,4H2,(H,14,15)/t8-/m1/s1. The van der Waals surface area contributed by atoms with Crippen molar-refractivity contribution < 1.29 is 23.4 Å². The van der Waals surface area contributed by atoms with E-state index in [4.69, 9.17) is 21.8 Å². The molecule has 0 aliphatic heterocycles. The molecule has 0 fully saturated rings. The highest BCUT2D eigenvalue weighted by Crippen LogP contribution is 2.25. The van der Waals surface area contributed by atoms with Crippen LogP contribution in [0.2, 0.25) is 5.02 Å². The van der Waals surface area contributed by atoms with Crippen molar-refractivity contribution in [3.8, 4) is 0 Å². The Morgan fingerprint density at radius 2 is 2.11 bits per heavy atom. The summed E-state index contributed by atoms with van der Waals surface area (Å²) in [7, 11) is -4.04. The van der Waals surface area contributed by atoms with Crippen LogP contribution < -0.4 is 4.72 Å². The van der Waals surface area contributed by atoms with Crippen molar-refractivity contribution in [1.82, 2.24) is 4.72 Å². The van der Waals surface area contributed by atoms with Crippen LogP contribution in [0, 0.1) is 0 Å². The fraction of sp³-hybridized carbons (Fsp3) is 0.222. The first-order valence-corrected chi connectivity index (χ1v) is 7.24. The van der Waals surface area contributed by atoms with Crippen LogP contribution >= 0.6 is 27.5 Å². The molecule has 3 N–H and O–H groups in total. The maximum Gasteiger partial charge on any atom is 0.324 e. The number of sulfonamides is 1. The molecule has 0 aromatic heterocycles. The zero-order chi connectivity index (χ0) is 13.9. The van der Waals surface area contributed by atoms with Gasteiger partial charge in [-0.1, -0.05) is 11.6 Å². The normalized spacial score (nSPS) is 13.3. The maximum atomic E-state index is 11.8. The van der Waals surface area contributed by atoms with Gasteiger partial charge in [0.1, 0.15) is 6.04 Å². The molecule has 0 bridgehead atoms. The van der Waals surface area contributed by atoms with Gasteiger partial charge >= 0.3 is 5.97 Å². The number of halogens is 2. The highest BCUT2D eigenvalue weighted by molar-refractivity contribution is 9.10. The summed E-state index contributed by atoms with van der Waals surface area (Å²) in [4.78, 5) is 10.5. The Labute approximate surface area is 117 Å². The number of rotatable bonds is 5. The number of aliphatic hydroxyl groups is 1. The Morgan fingerprint density at radius 3 is 2.56 bits per heavy atom. The van der Waals surface area contributed by atoms with Crippen LogP contribution in [-0.2, 0) is 14.8 Å². The van der Waals surface area contributed by atoms with Crippen molar-refractivity contribution >= 4 is 43.5 Å². The highest BCUT2D eigenvalue weighted by atomic mass is 79.9. The molecule has 0 saturated carbocycles. The summed E-state index contributed by atoms with van der Waals surface area (Å²) in [6.45, 7) is -0.844. The number of hydrogen-bond acceptors (Lipinski definition) is 4. The number of aliphatic hydroxyl groups excluding tert-OH is 1. The molecule has 0 aliphatic carbocycles. The molecule has 0 heterocycles. The number of benzene rings is 1. The van der Waals surface area contributed by atoms with Crippen LogP contribution in [0.3, 0.4) is 0 Å². The molecular weight excluding hydrogens is 350 g/mol. The lowest BCUT2D eigenvalue weighted by molar-refractivity contribution is -0.139. The minimum atomic E-state index is -4.04. The van der Waals surface area contributed by atoms with Gasteiger partial charge in [0, 0.05) is 4.47 Å². The topological polar surface area (TPSA) is 104 Å². The molecule has 9 heteroatoms. The van der Waals surface area contributed by atoms with Crippen molar-refractivity contribution in [1.29, 1.82) is 0 Å². The van der Waals surface area contributed by atoms with E-state index >= 15 is 0 Å². The van der Waals surface area contributed by atoms with Crippen LogP contribution in [0.15, 0.2) is 27.6 Å². The second kappa shape index (κ2) is 5.98.